The normalized spacial score (nSPS) is 13.2. The van der Waals surface area contributed by atoms with Crippen molar-refractivity contribution in [1.29, 1.82) is 0 Å². The smallest absolute Gasteiger partial charge is 0.240 e. The lowest BCUT2D eigenvalue weighted by molar-refractivity contribution is -0.120. The van der Waals surface area contributed by atoms with Gasteiger partial charge >= 0.3 is 0 Å². The van der Waals surface area contributed by atoms with Crippen molar-refractivity contribution in [2.75, 3.05) is 18.6 Å². The first-order chi connectivity index (χ1) is 10.3. The van der Waals surface area contributed by atoms with Gasteiger partial charge in [-0.25, -0.2) is 22.9 Å². The summed E-state index contributed by atoms with van der Waals surface area (Å²) in [6.07, 6.45) is 1.75. The molecule has 1 amide bonds. The topological polar surface area (TPSA) is 102 Å². The van der Waals surface area contributed by atoms with Crippen molar-refractivity contribution in [3.8, 4) is 0 Å². The number of nitrogens with two attached hydrogens (primary N) is 1. The van der Waals surface area contributed by atoms with E-state index in [0.29, 0.717) is 15.2 Å². The van der Waals surface area contributed by atoms with Gasteiger partial charge in [0.1, 0.15) is 16.1 Å². The number of primary sulfonamides is 1. The molecule has 0 aliphatic carbocycles. The second-order valence-electron chi connectivity index (χ2n) is 4.44. The average Bonchev–Trinajstić information content (AvgIpc) is 2.80. The number of aromatic nitrogens is 1. The third-order valence-electron chi connectivity index (χ3n) is 2.75. The van der Waals surface area contributed by atoms with E-state index >= 15 is 0 Å². The molecule has 0 bridgehead atoms. The molecule has 0 fully saturated rings. The average molecular weight is 363 g/mol. The summed E-state index contributed by atoms with van der Waals surface area (Å²) < 4.78 is 35.5. The lowest BCUT2D eigenvalue weighted by atomic mass is 10.3. The number of nitrogens with zero attached hydrogens (tertiary/aromatic N) is 1. The number of rotatable bonds is 6. The maximum atomic E-state index is 13.2. The van der Waals surface area contributed by atoms with Gasteiger partial charge in [-0.3, -0.25) is 4.79 Å². The largest absolute Gasteiger partial charge is 0.354 e. The maximum Gasteiger partial charge on any atom is 0.240 e. The third-order valence-corrected chi connectivity index (χ3v) is 5.67. The van der Waals surface area contributed by atoms with Gasteiger partial charge in [-0.05, 0) is 24.5 Å². The van der Waals surface area contributed by atoms with Crippen LogP contribution in [-0.4, -0.2) is 37.9 Å². The molecule has 0 saturated heterocycles. The minimum atomic E-state index is -3.62. The first-order valence-electron chi connectivity index (χ1n) is 6.17. The molecule has 0 spiro atoms. The lowest BCUT2D eigenvalue weighted by Crippen LogP contribution is -2.33. The molecule has 120 valence electrons. The second kappa shape index (κ2) is 6.90. The fraction of sp³-hybridized carbons (Fsp3) is 0.333. The van der Waals surface area contributed by atoms with Gasteiger partial charge in [-0.2, -0.15) is 0 Å². The van der Waals surface area contributed by atoms with Crippen LogP contribution in [0.5, 0.6) is 0 Å². The Morgan fingerprint density at radius 1 is 1.55 bits per heavy atom. The number of amides is 1. The molecule has 22 heavy (non-hydrogen) atoms. The van der Waals surface area contributed by atoms with E-state index in [2.05, 4.69) is 10.3 Å². The van der Waals surface area contributed by atoms with E-state index in [1.165, 1.54) is 35.2 Å². The number of thiazole rings is 1. The maximum absolute atomic E-state index is 13.2. The van der Waals surface area contributed by atoms with E-state index in [0.717, 1.165) is 0 Å². The quantitative estimate of drug-likeness (QED) is 0.804. The number of carbonyl (C=O) groups excluding carboxylic acids is 1. The van der Waals surface area contributed by atoms with Crippen molar-refractivity contribution in [2.45, 2.75) is 5.25 Å². The number of hydrogen-bond donors (Lipinski definition) is 2. The number of sulfonamides is 1. The molecule has 3 N–H and O–H groups in total. The van der Waals surface area contributed by atoms with E-state index in [9.17, 15) is 17.6 Å². The molecule has 1 unspecified atom stereocenters. The molecule has 0 aliphatic rings. The summed E-state index contributed by atoms with van der Waals surface area (Å²) in [5.41, 5.74) is 0.623. The van der Waals surface area contributed by atoms with Crippen LogP contribution >= 0.6 is 23.1 Å². The molecule has 2 rings (SSSR count). The first-order valence-corrected chi connectivity index (χ1v) is 9.99. The molecule has 0 radical (unpaired) electrons. The van der Waals surface area contributed by atoms with Gasteiger partial charge in [-0.15, -0.1) is 23.1 Å². The van der Waals surface area contributed by atoms with Crippen molar-refractivity contribution < 1.29 is 17.6 Å². The van der Waals surface area contributed by atoms with Crippen LogP contribution in [0, 0.1) is 5.82 Å². The van der Waals surface area contributed by atoms with Crippen LogP contribution in [0.1, 0.15) is 10.3 Å². The third kappa shape index (κ3) is 4.38. The predicted octanol–water partition coefficient (Wildman–Crippen LogP) is 1.24. The van der Waals surface area contributed by atoms with Crippen LogP contribution in [0.4, 0.5) is 4.39 Å². The van der Waals surface area contributed by atoms with Crippen molar-refractivity contribution in [3.05, 3.63) is 29.0 Å². The molecule has 1 atom stereocenters. The fourth-order valence-corrected chi connectivity index (χ4v) is 4.10. The monoisotopic (exact) mass is 363 g/mol. The van der Waals surface area contributed by atoms with E-state index in [1.54, 1.807) is 12.3 Å². The molecule has 1 aromatic heterocycles. The van der Waals surface area contributed by atoms with Gasteiger partial charge in [0.2, 0.25) is 15.9 Å². The van der Waals surface area contributed by atoms with E-state index in [4.69, 9.17) is 5.14 Å². The summed E-state index contributed by atoms with van der Waals surface area (Å²) in [5.74, 6) is -1.04. The number of hydrogen-bond acceptors (Lipinski definition) is 6. The molecule has 0 saturated carbocycles. The molecular formula is C12H14FN3O3S3. The summed E-state index contributed by atoms with van der Waals surface area (Å²) in [7, 11) is -3.62. The van der Waals surface area contributed by atoms with Crippen LogP contribution in [0.25, 0.3) is 10.2 Å². The summed E-state index contributed by atoms with van der Waals surface area (Å²) in [6, 6.07) is 4.24. The van der Waals surface area contributed by atoms with Gasteiger partial charge in [0.05, 0.1) is 16.0 Å². The Labute approximate surface area is 135 Å². The molecule has 6 nitrogen and oxygen atoms in total. The van der Waals surface area contributed by atoms with E-state index < -0.39 is 15.3 Å². The highest BCUT2D eigenvalue weighted by Crippen LogP contribution is 2.33. The van der Waals surface area contributed by atoms with Gasteiger partial charge in [0.25, 0.3) is 0 Å². The van der Waals surface area contributed by atoms with Crippen molar-refractivity contribution in [3.63, 3.8) is 0 Å². The van der Waals surface area contributed by atoms with Crippen LogP contribution in [-0.2, 0) is 14.8 Å². The minimum absolute atomic E-state index is 0.0613. The minimum Gasteiger partial charge on any atom is -0.354 e. The van der Waals surface area contributed by atoms with E-state index in [-0.39, 0.29) is 24.0 Å². The highest BCUT2D eigenvalue weighted by atomic mass is 32.2. The van der Waals surface area contributed by atoms with Gasteiger partial charge < -0.3 is 5.32 Å². The molecule has 10 heteroatoms. The predicted molar refractivity (Wildman–Crippen MR) is 86.8 cm³/mol. The molecule has 1 aromatic carbocycles. The second-order valence-corrected chi connectivity index (χ2v) is 8.18. The van der Waals surface area contributed by atoms with Gasteiger partial charge in [0.15, 0.2) is 0 Å². The van der Waals surface area contributed by atoms with Crippen LogP contribution in [0.2, 0.25) is 0 Å². The zero-order valence-electron chi connectivity index (χ0n) is 11.6. The lowest BCUT2D eigenvalue weighted by Gasteiger charge is -2.11. The van der Waals surface area contributed by atoms with Crippen molar-refractivity contribution >= 4 is 49.2 Å². The summed E-state index contributed by atoms with van der Waals surface area (Å²) in [6.45, 7) is -0.0613. The van der Waals surface area contributed by atoms with Crippen LogP contribution in [0.3, 0.4) is 0 Å². The summed E-state index contributed by atoms with van der Waals surface area (Å²) in [4.78, 5) is 16.5. The summed E-state index contributed by atoms with van der Waals surface area (Å²) >= 11 is 2.51. The van der Waals surface area contributed by atoms with Gasteiger partial charge in [0, 0.05) is 6.54 Å². The highest BCUT2D eigenvalue weighted by molar-refractivity contribution is 7.99. The standard InChI is InChI=1S/C12H14FN3O3S3/c1-20-10(11(17)15-4-5-22(14,18)19)12-16-8-3-2-7(13)6-9(8)21-12/h2-3,6,10H,4-5H2,1H3,(H,15,17)(H2,14,18,19). The Kier molecular flexibility index (Phi) is 5.37. The number of benzene rings is 1. The fourth-order valence-electron chi connectivity index (χ4n) is 1.76. The summed E-state index contributed by atoms with van der Waals surface area (Å²) in [5, 5.41) is 7.35. The molecular weight excluding hydrogens is 349 g/mol. The number of halogens is 1. The molecule has 2 aromatic rings. The zero-order valence-corrected chi connectivity index (χ0v) is 14.0. The Morgan fingerprint density at radius 2 is 2.27 bits per heavy atom. The van der Waals surface area contributed by atoms with Crippen molar-refractivity contribution in [2.24, 2.45) is 5.14 Å². The van der Waals surface area contributed by atoms with Gasteiger partial charge in [-0.1, -0.05) is 0 Å². The van der Waals surface area contributed by atoms with Crippen LogP contribution < -0.4 is 10.5 Å². The Balaban J connectivity index is 2.13. The number of nitrogens with one attached hydrogen (secondary N) is 1. The van der Waals surface area contributed by atoms with Crippen molar-refractivity contribution in [1.82, 2.24) is 10.3 Å². The SMILES string of the molecule is CSC(C(=O)NCCS(N)(=O)=O)c1nc2ccc(F)cc2s1. The first kappa shape index (κ1) is 17.1. The highest BCUT2D eigenvalue weighted by Gasteiger charge is 2.23. The molecule has 0 aliphatic heterocycles. The Bertz CT molecular complexity index is 791. The number of fused-ring (bicyclic) bond motifs is 1. The Morgan fingerprint density at radius 3 is 2.91 bits per heavy atom. The zero-order chi connectivity index (χ0) is 16.3. The van der Waals surface area contributed by atoms with E-state index in [1.807, 2.05) is 0 Å². The number of thioether (sulfide) groups is 1. The number of carbonyl (C=O) groups is 1. The van der Waals surface area contributed by atoms with Crippen LogP contribution in [0.15, 0.2) is 18.2 Å². The molecule has 1 heterocycles. The Hall–Kier alpha value is -1.23.